The van der Waals surface area contributed by atoms with Gasteiger partial charge in [0.1, 0.15) is 0 Å². The van der Waals surface area contributed by atoms with Crippen LogP contribution in [0.25, 0.3) is 22.2 Å². The van der Waals surface area contributed by atoms with E-state index in [9.17, 15) is 4.79 Å². The van der Waals surface area contributed by atoms with Crippen LogP contribution in [0.1, 0.15) is 30.1 Å². The van der Waals surface area contributed by atoms with Crippen molar-refractivity contribution in [2.45, 2.75) is 25.8 Å². The first-order valence-electron chi connectivity index (χ1n) is 8.44. The molecule has 0 spiro atoms. The van der Waals surface area contributed by atoms with Gasteiger partial charge in [-0.05, 0) is 37.1 Å². The lowest BCUT2D eigenvalue weighted by atomic mass is 10.0. The predicted molar refractivity (Wildman–Crippen MR) is 98.2 cm³/mol. The summed E-state index contributed by atoms with van der Waals surface area (Å²) >= 11 is 0. The molecular formula is C20H21N3O2. The van der Waals surface area contributed by atoms with Crippen LogP contribution in [0.4, 0.5) is 0 Å². The summed E-state index contributed by atoms with van der Waals surface area (Å²) < 4.78 is 0. The van der Waals surface area contributed by atoms with Crippen molar-refractivity contribution in [3.8, 4) is 11.3 Å². The SMILES string of the molecule is CCC(CCO)NC(=O)c1cc(-c2ccncc2)nc2ccccc12. The number of aliphatic hydroxyl groups is 1. The van der Waals surface area contributed by atoms with E-state index < -0.39 is 0 Å². The maximum atomic E-state index is 12.9. The summed E-state index contributed by atoms with van der Waals surface area (Å²) in [5, 5.41) is 13.0. The number of para-hydroxylation sites is 1. The Labute approximate surface area is 146 Å². The lowest BCUT2D eigenvalue weighted by Gasteiger charge is -2.17. The molecule has 0 aliphatic carbocycles. The topological polar surface area (TPSA) is 75.1 Å². The minimum absolute atomic E-state index is 0.0474. The van der Waals surface area contributed by atoms with Crippen molar-refractivity contribution < 1.29 is 9.90 Å². The molecule has 3 aromatic rings. The van der Waals surface area contributed by atoms with Crippen LogP contribution in [-0.2, 0) is 0 Å². The number of amides is 1. The fourth-order valence-electron chi connectivity index (χ4n) is 2.83. The number of hydrogen-bond acceptors (Lipinski definition) is 4. The standard InChI is InChI=1S/C20H21N3O2/c1-2-15(9-12-24)22-20(25)17-13-19(14-7-10-21-11-8-14)23-18-6-4-3-5-16(17)18/h3-8,10-11,13,15,24H,2,9,12H2,1H3,(H,22,25). The Balaban J connectivity index is 2.05. The molecular weight excluding hydrogens is 314 g/mol. The third-order valence-corrected chi connectivity index (χ3v) is 4.24. The number of carbonyl (C=O) groups is 1. The lowest BCUT2D eigenvalue weighted by Crippen LogP contribution is -2.35. The summed E-state index contributed by atoms with van der Waals surface area (Å²) in [6.07, 6.45) is 4.73. The number of fused-ring (bicyclic) bond motifs is 1. The molecule has 0 aliphatic rings. The number of nitrogens with one attached hydrogen (secondary N) is 1. The molecule has 1 amide bonds. The van der Waals surface area contributed by atoms with Crippen LogP contribution >= 0.6 is 0 Å². The third kappa shape index (κ3) is 3.83. The lowest BCUT2D eigenvalue weighted by molar-refractivity contribution is 0.0931. The van der Waals surface area contributed by atoms with Crippen molar-refractivity contribution in [2.24, 2.45) is 0 Å². The zero-order valence-electron chi connectivity index (χ0n) is 14.1. The van der Waals surface area contributed by atoms with Gasteiger partial charge in [0.05, 0.1) is 16.8 Å². The minimum Gasteiger partial charge on any atom is -0.396 e. The van der Waals surface area contributed by atoms with E-state index in [1.165, 1.54) is 0 Å². The quantitative estimate of drug-likeness (QED) is 0.725. The fourth-order valence-corrected chi connectivity index (χ4v) is 2.83. The van der Waals surface area contributed by atoms with E-state index in [0.29, 0.717) is 12.0 Å². The van der Waals surface area contributed by atoms with Crippen LogP contribution in [0.15, 0.2) is 54.9 Å². The van der Waals surface area contributed by atoms with Crippen LogP contribution in [0, 0.1) is 0 Å². The van der Waals surface area contributed by atoms with Crippen molar-refractivity contribution in [1.29, 1.82) is 0 Å². The molecule has 5 heteroatoms. The number of aromatic nitrogens is 2. The summed E-state index contributed by atoms with van der Waals surface area (Å²) in [7, 11) is 0. The second kappa shape index (κ2) is 7.85. The number of rotatable bonds is 6. The number of aliphatic hydroxyl groups excluding tert-OH is 1. The molecule has 25 heavy (non-hydrogen) atoms. The van der Waals surface area contributed by atoms with Gasteiger partial charge in [-0.2, -0.15) is 0 Å². The molecule has 1 atom stereocenters. The first-order chi connectivity index (χ1) is 12.2. The van der Waals surface area contributed by atoms with Gasteiger partial charge in [-0.15, -0.1) is 0 Å². The van der Waals surface area contributed by atoms with E-state index in [0.717, 1.165) is 28.6 Å². The van der Waals surface area contributed by atoms with E-state index in [2.05, 4.69) is 15.3 Å². The van der Waals surface area contributed by atoms with Gasteiger partial charge in [0.25, 0.3) is 5.91 Å². The second-order valence-electron chi connectivity index (χ2n) is 5.90. The number of hydrogen-bond donors (Lipinski definition) is 2. The molecule has 0 bridgehead atoms. The Morgan fingerprint density at radius 1 is 1.20 bits per heavy atom. The van der Waals surface area contributed by atoms with Gasteiger partial charge >= 0.3 is 0 Å². The highest BCUT2D eigenvalue weighted by atomic mass is 16.3. The maximum Gasteiger partial charge on any atom is 0.252 e. The normalized spacial score (nSPS) is 12.1. The molecule has 0 aliphatic heterocycles. The Hall–Kier alpha value is -2.79. The van der Waals surface area contributed by atoms with Crippen LogP contribution in [0.2, 0.25) is 0 Å². The molecule has 2 heterocycles. The van der Waals surface area contributed by atoms with E-state index in [1.54, 1.807) is 12.4 Å². The Bertz CT molecular complexity index is 865. The van der Waals surface area contributed by atoms with Crippen molar-refractivity contribution in [2.75, 3.05) is 6.61 Å². The predicted octanol–water partition coefficient (Wildman–Crippen LogP) is 3.19. The second-order valence-corrected chi connectivity index (χ2v) is 5.90. The van der Waals surface area contributed by atoms with Crippen molar-refractivity contribution in [3.05, 3.63) is 60.4 Å². The molecule has 2 N–H and O–H groups in total. The van der Waals surface area contributed by atoms with Crippen molar-refractivity contribution in [3.63, 3.8) is 0 Å². The highest BCUT2D eigenvalue weighted by Gasteiger charge is 2.16. The summed E-state index contributed by atoms with van der Waals surface area (Å²) in [6, 6.07) is 13.1. The number of carbonyl (C=O) groups excluding carboxylic acids is 1. The van der Waals surface area contributed by atoms with Crippen LogP contribution < -0.4 is 5.32 Å². The third-order valence-electron chi connectivity index (χ3n) is 4.24. The minimum atomic E-state index is -0.144. The molecule has 0 fully saturated rings. The number of nitrogens with zero attached hydrogens (tertiary/aromatic N) is 2. The highest BCUT2D eigenvalue weighted by molar-refractivity contribution is 6.07. The van der Waals surface area contributed by atoms with E-state index >= 15 is 0 Å². The van der Waals surface area contributed by atoms with Gasteiger partial charge in [0, 0.05) is 36.0 Å². The van der Waals surface area contributed by atoms with Crippen molar-refractivity contribution in [1.82, 2.24) is 15.3 Å². The van der Waals surface area contributed by atoms with Gasteiger partial charge in [-0.1, -0.05) is 25.1 Å². The van der Waals surface area contributed by atoms with Crippen LogP contribution in [-0.4, -0.2) is 33.6 Å². The Kier molecular flexibility index (Phi) is 5.36. The number of benzene rings is 1. The highest BCUT2D eigenvalue weighted by Crippen LogP contribution is 2.24. The summed E-state index contributed by atoms with van der Waals surface area (Å²) in [4.78, 5) is 21.6. The summed E-state index contributed by atoms with van der Waals surface area (Å²) in [6.45, 7) is 2.05. The van der Waals surface area contributed by atoms with Gasteiger partial charge in [0.15, 0.2) is 0 Å². The average molecular weight is 335 g/mol. The monoisotopic (exact) mass is 335 g/mol. The van der Waals surface area contributed by atoms with Gasteiger partial charge in [-0.25, -0.2) is 4.98 Å². The molecule has 3 rings (SSSR count). The molecule has 5 nitrogen and oxygen atoms in total. The molecule has 1 aromatic carbocycles. The van der Waals surface area contributed by atoms with Crippen LogP contribution in [0.5, 0.6) is 0 Å². The van der Waals surface area contributed by atoms with Gasteiger partial charge < -0.3 is 10.4 Å². The molecule has 1 unspecified atom stereocenters. The van der Waals surface area contributed by atoms with Crippen LogP contribution in [0.3, 0.4) is 0 Å². The number of pyridine rings is 2. The van der Waals surface area contributed by atoms with E-state index in [-0.39, 0.29) is 18.6 Å². The Morgan fingerprint density at radius 3 is 2.68 bits per heavy atom. The molecule has 0 saturated heterocycles. The maximum absolute atomic E-state index is 12.9. The largest absolute Gasteiger partial charge is 0.396 e. The first kappa shape index (κ1) is 17.0. The van der Waals surface area contributed by atoms with Gasteiger partial charge in [0.2, 0.25) is 0 Å². The van der Waals surface area contributed by atoms with E-state index in [1.807, 2.05) is 49.4 Å². The fraction of sp³-hybridized carbons (Fsp3) is 0.250. The first-order valence-corrected chi connectivity index (χ1v) is 8.44. The van der Waals surface area contributed by atoms with E-state index in [4.69, 9.17) is 5.11 Å². The summed E-state index contributed by atoms with van der Waals surface area (Å²) in [5.41, 5.74) is 3.02. The molecule has 2 aromatic heterocycles. The summed E-state index contributed by atoms with van der Waals surface area (Å²) in [5.74, 6) is -0.144. The zero-order chi connectivity index (χ0) is 17.6. The van der Waals surface area contributed by atoms with Crippen molar-refractivity contribution >= 4 is 16.8 Å². The molecule has 0 saturated carbocycles. The average Bonchev–Trinajstić information content (AvgIpc) is 2.67. The molecule has 0 radical (unpaired) electrons. The Morgan fingerprint density at radius 2 is 1.96 bits per heavy atom. The zero-order valence-corrected chi connectivity index (χ0v) is 14.1. The smallest absolute Gasteiger partial charge is 0.252 e. The van der Waals surface area contributed by atoms with Gasteiger partial charge in [-0.3, -0.25) is 9.78 Å². The molecule has 128 valence electrons.